The van der Waals surface area contributed by atoms with E-state index in [1.807, 2.05) is 18.2 Å². The van der Waals surface area contributed by atoms with Gasteiger partial charge in [0.25, 0.3) is 0 Å². The molecule has 0 unspecified atom stereocenters. The number of hydrogen-bond acceptors (Lipinski definition) is 3. The average Bonchev–Trinajstić information content (AvgIpc) is 3.80. The molecule has 0 radical (unpaired) electrons. The normalized spacial score (nSPS) is 11.8. The molecule has 0 saturated carbocycles. The van der Waals surface area contributed by atoms with Gasteiger partial charge in [-0.2, -0.15) is 0 Å². The molecule has 0 saturated heterocycles. The number of fused-ring (bicyclic) bond motifs is 9. The standard InChI is InChI=1S/C50H31NO2/c1-2-15-32(16-3-1)47-38-21-6-4-19-36(38)37-20-5-7-22-39(37)50(47)51(42-26-14-30-46-49(42)41-24-9-11-28-44(41)53-46)34-18-12-17-33(31-34)35-25-13-29-45-48(35)40-23-8-10-27-43(40)52-45/h1-31H. The summed E-state index contributed by atoms with van der Waals surface area (Å²) in [5, 5.41) is 9.20. The largest absolute Gasteiger partial charge is 0.456 e. The van der Waals surface area contributed by atoms with Gasteiger partial charge in [-0.3, -0.25) is 0 Å². The van der Waals surface area contributed by atoms with E-state index in [0.29, 0.717) is 0 Å². The van der Waals surface area contributed by atoms with Crippen LogP contribution in [0.5, 0.6) is 0 Å². The van der Waals surface area contributed by atoms with Crippen LogP contribution >= 0.6 is 0 Å². The zero-order valence-electron chi connectivity index (χ0n) is 28.7. The van der Waals surface area contributed by atoms with Gasteiger partial charge in [-0.15, -0.1) is 0 Å². The Morgan fingerprint density at radius 1 is 0.340 bits per heavy atom. The third-order valence-corrected chi connectivity index (χ3v) is 10.6. The Hall–Kier alpha value is -7.10. The lowest BCUT2D eigenvalue weighted by molar-refractivity contribution is 0.668. The molecule has 3 nitrogen and oxygen atoms in total. The molecule has 0 N–H and O–H groups in total. The smallest absolute Gasteiger partial charge is 0.137 e. The molecular formula is C50H31NO2. The highest BCUT2D eigenvalue weighted by molar-refractivity contribution is 6.24. The first-order chi connectivity index (χ1) is 26.3. The number of hydrogen-bond donors (Lipinski definition) is 0. The van der Waals surface area contributed by atoms with Gasteiger partial charge in [-0.1, -0.05) is 146 Å². The Morgan fingerprint density at radius 2 is 0.849 bits per heavy atom. The lowest BCUT2D eigenvalue weighted by Gasteiger charge is -2.31. The van der Waals surface area contributed by atoms with Gasteiger partial charge in [0, 0.05) is 32.8 Å². The predicted molar refractivity (Wildman–Crippen MR) is 222 cm³/mol. The summed E-state index contributed by atoms with van der Waals surface area (Å²) in [4.78, 5) is 2.47. The molecule has 3 heteroatoms. The summed E-state index contributed by atoms with van der Waals surface area (Å²) in [6.45, 7) is 0. The highest BCUT2D eigenvalue weighted by Crippen LogP contribution is 2.52. The van der Waals surface area contributed by atoms with Crippen LogP contribution in [0.3, 0.4) is 0 Å². The van der Waals surface area contributed by atoms with E-state index in [4.69, 9.17) is 8.83 Å². The van der Waals surface area contributed by atoms with Gasteiger partial charge >= 0.3 is 0 Å². The fourth-order valence-electron chi connectivity index (χ4n) is 8.41. The number of anilines is 3. The maximum atomic E-state index is 6.52. The van der Waals surface area contributed by atoms with Crippen LogP contribution in [0, 0.1) is 0 Å². The van der Waals surface area contributed by atoms with E-state index in [2.05, 4.69) is 175 Å². The van der Waals surface area contributed by atoms with E-state index in [9.17, 15) is 0 Å². The molecule has 0 aliphatic rings. The topological polar surface area (TPSA) is 29.5 Å². The van der Waals surface area contributed by atoms with Crippen molar-refractivity contribution < 1.29 is 8.83 Å². The second-order valence-electron chi connectivity index (χ2n) is 13.6. The summed E-state index contributed by atoms with van der Waals surface area (Å²) >= 11 is 0. The molecule has 0 atom stereocenters. The zero-order valence-corrected chi connectivity index (χ0v) is 28.7. The monoisotopic (exact) mass is 677 g/mol. The summed E-state index contributed by atoms with van der Waals surface area (Å²) in [5.41, 5.74) is 11.3. The van der Waals surface area contributed by atoms with E-state index < -0.39 is 0 Å². The fraction of sp³-hybridized carbons (Fsp3) is 0. The minimum atomic E-state index is 0.853. The average molecular weight is 678 g/mol. The van der Waals surface area contributed by atoms with Crippen LogP contribution in [0.2, 0.25) is 0 Å². The van der Waals surface area contributed by atoms with E-state index in [1.54, 1.807) is 0 Å². The molecule has 53 heavy (non-hydrogen) atoms. The van der Waals surface area contributed by atoms with Crippen LogP contribution in [-0.4, -0.2) is 0 Å². The predicted octanol–water partition coefficient (Wildman–Crippen LogP) is 14.6. The van der Waals surface area contributed by atoms with Crippen molar-refractivity contribution >= 4 is 82.5 Å². The number of benzene rings is 9. The van der Waals surface area contributed by atoms with Crippen LogP contribution < -0.4 is 4.90 Å². The van der Waals surface area contributed by atoms with Crippen molar-refractivity contribution in [3.63, 3.8) is 0 Å². The summed E-state index contributed by atoms with van der Waals surface area (Å²) in [6, 6.07) is 66.8. The van der Waals surface area contributed by atoms with Crippen LogP contribution in [0.25, 0.3) is 87.7 Å². The van der Waals surface area contributed by atoms with Gasteiger partial charge in [-0.05, 0) is 75.3 Å². The first kappa shape index (κ1) is 29.6. The molecule has 11 rings (SSSR count). The van der Waals surface area contributed by atoms with Gasteiger partial charge in [0.15, 0.2) is 0 Å². The number of rotatable bonds is 5. The quantitative estimate of drug-likeness (QED) is 0.170. The molecular weight excluding hydrogens is 647 g/mol. The SMILES string of the molecule is c1ccc(-c2c(N(c3cccc(-c4cccc5oc6ccccc6c45)c3)c3cccc4oc5ccccc5c34)c3ccccc3c3ccccc23)cc1. The minimum absolute atomic E-state index is 0.853. The molecule has 0 spiro atoms. The van der Waals surface area contributed by atoms with Gasteiger partial charge in [0.1, 0.15) is 22.3 Å². The number of nitrogens with zero attached hydrogens (tertiary/aromatic N) is 1. The van der Waals surface area contributed by atoms with Gasteiger partial charge < -0.3 is 13.7 Å². The Balaban J connectivity index is 1.29. The molecule has 2 heterocycles. The third-order valence-electron chi connectivity index (χ3n) is 10.6. The van der Waals surface area contributed by atoms with Crippen LogP contribution in [0.15, 0.2) is 197 Å². The van der Waals surface area contributed by atoms with E-state index >= 15 is 0 Å². The Morgan fingerprint density at radius 3 is 1.58 bits per heavy atom. The van der Waals surface area contributed by atoms with Crippen molar-refractivity contribution in [3.8, 4) is 22.3 Å². The van der Waals surface area contributed by atoms with E-state index in [-0.39, 0.29) is 0 Å². The molecule has 9 aromatic carbocycles. The Labute approximate surface area is 305 Å². The molecule has 2 aromatic heterocycles. The summed E-state index contributed by atoms with van der Waals surface area (Å²) in [7, 11) is 0. The molecule has 248 valence electrons. The lowest BCUT2D eigenvalue weighted by Crippen LogP contribution is -2.13. The number of furan rings is 2. The highest BCUT2D eigenvalue weighted by atomic mass is 16.3. The Kier molecular flexibility index (Phi) is 6.55. The van der Waals surface area contributed by atoms with Gasteiger partial charge in [0.2, 0.25) is 0 Å². The van der Waals surface area contributed by atoms with Crippen LogP contribution in [-0.2, 0) is 0 Å². The van der Waals surface area contributed by atoms with Crippen LogP contribution in [0.1, 0.15) is 0 Å². The van der Waals surface area contributed by atoms with Gasteiger partial charge in [-0.25, -0.2) is 0 Å². The fourth-order valence-corrected chi connectivity index (χ4v) is 8.41. The number of para-hydroxylation sites is 2. The Bertz CT molecular complexity index is 3190. The second kappa shape index (κ2) is 11.7. The van der Waals surface area contributed by atoms with Crippen molar-refractivity contribution in [1.29, 1.82) is 0 Å². The molecule has 0 fully saturated rings. The highest BCUT2D eigenvalue weighted by Gasteiger charge is 2.26. The zero-order chi connectivity index (χ0) is 34.9. The van der Waals surface area contributed by atoms with Crippen molar-refractivity contribution in [2.24, 2.45) is 0 Å². The minimum Gasteiger partial charge on any atom is -0.456 e. The van der Waals surface area contributed by atoms with Crippen LogP contribution in [0.4, 0.5) is 17.1 Å². The molecule has 0 aliphatic heterocycles. The van der Waals surface area contributed by atoms with E-state index in [1.165, 1.54) is 27.1 Å². The molecule has 0 amide bonds. The first-order valence-corrected chi connectivity index (χ1v) is 18.0. The second-order valence-corrected chi connectivity index (χ2v) is 13.6. The molecule has 0 bridgehead atoms. The van der Waals surface area contributed by atoms with Crippen molar-refractivity contribution in [3.05, 3.63) is 188 Å². The van der Waals surface area contributed by atoms with Crippen molar-refractivity contribution in [2.75, 3.05) is 4.90 Å². The summed E-state index contributed by atoms with van der Waals surface area (Å²) in [5.74, 6) is 0. The maximum absolute atomic E-state index is 6.52. The van der Waals surface area contributed by atoms with Gasteiger partial charge in [0.05, 0.1) is 16.8 Å². The first-order valence-electron chi connectivity index (χ1n) is 18.0. The summed E-state index contributed by atoms with van der Waals surface area (Å²) < 4.78 is 12.9. The maximum Gasteiger partial charge on any atom is 0.137 e. The van der Waals surface area contributed by atoms with Crippen molar-refractivity contribution in [1.82, 2.24) is 0 Å². The molecule has 0 aliphatic carbocycles. The lowest BCUT2D eigenvalue weighted by atomic mass is 9.89. The third kappa shape index (κ3) is 4.54. The molecule has 11 aromatic rings. The van der Waals surface area contributed by atoms with E-state index in [0.717, 1.165) is 77.6 Å². The van der Waals surface area contributed by atoms with Crippen molar-refractivity contribution in [2.45, 2.75) is 0 Å². The summed E-state index contributed by atoms with van der Waals surface area (Å²) in [6.07, 6.45) is 0.